The smallest absolute Gasteiger partial charge is 0.347 e. The first-order chi connectivity index (χ1) is 15.4. The number of ether oxygens (including phenoxy) is 2. The largest absolute Gasteiger partial charge is 0.490 e. The third-order valence-corrected chi connectivity index (χ3v) is 5.63. The normalized spacial score (nSPS) is 15.8. The Hall–Kier alpha value is -3.53. The molecule has 0 radical (unpaired) electrons. The Labute approximate surface area is 190 Å². The summed E-state index contributed by atoms with van der Waals surface area (Å²) in [5.41, 5.74) is 3.61. The van der Waals surface area contributed by atoms with Gasteiger partial charge in [-0.1, -0.05) is 61.6 Å². The van der Waals surface area contributed by atoms with Gasteiger partial charge >= 0.3 is 5.97 Å². The molecule has 2 aromatic carbocycles. The van der Waals surface area contributed by atoms with Gasteiger partial charge in [-0.2, -0.15) is 0 Å². The van der Waals surface area contributed by atoms with Crippen molar-refractivity contribution in [3.63, 3.8) is 0 Å². The number of hydrogen-bond acceptors (Lipinski definition) is 3. The van der Waals surface area contributed by atoms with E-state index in [1.165, 1.54) is 11.1 Å². The molecule has 1 aliphatic carbocycles. The van der Waals surface area contributed by atoms with Crippen LogP contribution in [0.3, 0.4) is 0 Å². The summed E-state index contributed by atoms with van der Waals surface area (Å²) in [6, 6.07) is 17.5. The fourth-order valence-corrected chi connectivity index (χ4v) is 3.27. The van der Waals surface area contributed by atoms with E-state index in [9.17, 15) is 9.90 Å². The Morgan fingerprint density at radius 2 is 1.75 bits per heavy atom. The van der Waals surface area contributed by atoms with E-state index in [4.69, 9.17) is 9.47 Å². The highest BCUT2D eigenvalue weighted by atomic mass is 16.5. The van der Waals surface area contributed by atoms with Crippen LogP contribution >= 0.6 is 0 Å². The molecule has 166 valence electrons. The van der Waals surface area contributed by atoms with Gasteiger partial charge in [0, 0.05) is 0 Å². The molecule has 0 amide bonds. The topological polar surface area (TPSA) is 55.8 Å². The van der Waals surface area contributed by atoms with Gasteiger partial charge in [0.15, 0.2) is 0 Å². The molecule has 1 atom stereocenters. The van der Waals surface area contributed by atoms with Crippen LogP contribution in [0.2, 0.25) is 0 Å². The standard InChI is InChI=1S/C28H30O4/c1-4-28(3,27(29)30)32-26-17-15-25(16-18-26)31-20-19-21(2)22-11-8-12-24(14-13-22)23-9-6-5-7-10-23/h5-11,13-19H,4,12,20H2,1-3H3,(H,29,30)/b21-19+. The maximum atomic E-state index is 11.4. The molecule has 0 bridgehead atoms. The number of carbonyl (C=O) groups is 1. The quantitative estimate of drug-likeness (QED) is 0.486. The molecule has 0 saturated carbocycles. The van der Waals surface area contributed by atoms with Gasteiger partial charge in [0.2, 0.25) is 5.60 Å². The SMILES string of the molecule is CCC(C)(Oc1ccc(OC/C=C(\C)C2=CC=C(c3ccccc3)CC=C2)cc1)C(=O)O. The predicted molar refractivity (Wildman–Crippen MR) is 129 cm³/mol. The molecule has 1 N–H and O–H groups in total. The van der Waals surface area contributed by atoms with E-state index >= 15 is 0 Å². The number of allylic oxidation sites excluding steroid dienone is 7. The molecule has 4 heteroatoms. The first-order valence-corrected chi connectivity index (χ1v) is 10.9. The van der Waals surface area contributed by atoms with Crippen molar-refractivity contribution in [3.05, 3.63) is 102 Å². The monoisotopic (exact) mass is 430 g/mol. The second-order valence-electron chi connectivity index (χ2n) is 7.95. The second kappa shape index (κ2) is 10.7. The van der Waals surface area contributed by atoms with Crippen LogP contribution in [0.5, 0.6) is 11.5 Å². The van der Waals surface area contributed by atoms with Gasteiger partial charge in [0.1, 0.15) is 18.1 Å². The lowest BCUT2D eigenvalue weighted by molar-refractivity contribution is -0.154. The molecule has 2 aromatic rings. The van der Waals surface area contributed by atoms with Gasteiger partial charge in [-0.25, -0.2) is 4.79 Å². The van der Waals surface area contributed by atoms with Crippen molar-refractivity contribution in [3.8, 4) is 11.5 Å². The summed E-state index contributed by atoms with van der Waals surface area (Å²) in [4.78, 5) is 11.4. The molecule has 0 spiro atoms. The minimum Gasteiger partial charge on any atom is -0.490 e. The van der Waals surface area contributed by atoms with Crippen LogP contribution in [0.25, 0.3) is 5.57 Å². The van der Waals surface area contributed by atoms with Crippen molar-refractivity contribution in [2.45, 2.75) is 39.2 Å². The fourth-order valence-electron chi connectivity index (χ4n) is 3.27. The van der Waals surface area contributed by atoms with E-state index in [-0.39, 0.29) is 0 Å². The maximum Gasteiger partial charge on any atom is 0.347 e. The molecule has 0 saturated heterocycles. The lowest BCUT2D eigenvalue weighted by atomic mass is 10.0. The van der Waals surface area contributed by atoms with E-state index < -0.39 is 11.6 Å². The zero-order valence-corrected chi connectivity index (χ0v) is 18.9. The number of rotatable bonds is 9. The van der Waals surface area contributed by atoms with Crippen LogP contribution in [0, 0.1) is 0 Å². The van der Waals surface area contributed by atoms with Crippen LogP contribution in [-0.4, -0.2) is 23.3 Å². The summed E-state index contributed by atoms with van der Waals surface area (Å²) in [5.74, 6) is 0.227. The predicted octanol–water partition coefficient (Wildman–Crippen LogP) is 6.61. The van der Waals surface area contributed by atoms with Crippen LogP contribution in [0.1, 0.15) is 39.2 Å². The molecular weight excluding hydrogens is 400 g/mol. The number of carboxylic acid groups (broad SMARTS) is 1. The van der Waals surface area contributed by atoms with E-state index in [1.54, 1.807) is 38.1 Å². The molecule has 4 nitrogen and oxygen atoms in total. The van der Waals surface area contributed by atoms with Gasteiger partial charge in [-0.15, -0.1) is 0 Å². The molecule has 0 aromatic heterocycles. The number of benzene rings is 2. The molecule has 0 aliphatic heterocycles. The average Bonchev–Trinajstić information content (AvgIpc) is 3.07. The molecule has 1 aliphatic rings. The van der Waals surface area contributed by atoms with Gasteiger partial charge < -0.3 is 14.6 Å². The highest BCUT2D eigenvalue weighted by Gasteiger charge is 2.33. The average molecular weight is 431 g/mol. The Morgan fingerprint density at radius 1 is 1.06 bits per heavy atom. The lowest BCUT2D eigenvalue weighted by Gasteiger charge is -2.24. The molecule has 0 fully saturated rings. The summed E-state index contributed by atoms with van der Waals surface area (Å²) in [6.45, 7) is 5.88. The minimum atomic E-state index is -1.24. The molecule has 0 heterocycles. The van der Waals surface area contributed by atoms with Crippen LogP contribution in [0.15, 0.2) is 96.1 Å². The summed E-state index contributed by atoms with van der Waals surface area (Å²) in [5, 5.41) is 9.35. The maximum absolute atomic E-state index is 11.4. The van der Waals surface area contributed by atoms with Crippen LogP contribution in [0.4, 0.5) is 0 Å². The number of aliphatic carboxylic acids is 1. The fraction of sp³-hybridized carbons (Fsp3) is 0.250. The second-order valence-corrected chi connectivity index (χ2v) is 7.95. The third kappa shape index (κ3) is 6.01. The van der Waals surface area contributed by atoms with Crippen molar-refractivity contribution >= 4 is 11.5 Å². The van der Waals surface area contributed by atoms with E-state index in [1.807, 2.05) is 6.07 Å². The van der Waals surface area contributed by atoms with E-state index in [0.717, 1.165) is 17.6 Å². The Morgan fingerprint density at radius 3 is 2.41 bits per heavy atom. The summed E-state index contributed by atoms with van der Waals surface area (Å²) in [6.07, 6.45) is 12.0. The van der Waals surface area contributed by atoms with Gasteiger partial charge in [-0.05, 0) is 79.3 Å². The summed E-state index contributed by atoms with van der Waals surface area (Å²) >= 11 is 0. The van der Waals surface area contributed by atoms with Crippen LogP contribution < -0.4 is 9.47 Å². The Balaban J connectivity index is 1.59. The Bertz CT molecular complexity index is 1040. The number of hydrogen-bond donors (Lipinski definition) is 1. The van der Waals surface area contributed by atoms with Crippen molar-refractivity contribution in [1.82, 2.24) is 0 Å². The van der Waals surface area contributed by atoms with Crippen molar-refractivity contribution in [1.29, 1.82) is 0 Å². The highest BCUT2D eigenvalue weighted by Crippen LogP contribution is 2.26. The van der Waals surface area contributed by atoms with Gasteiger partial charge in [0.25, 0.3) is 0 Å². The third-order valence-electron chi connectivity index (χ3n) is 5.63. The number of carboxylic acids is 1. The van der Waals surface area contributed by atoms with Gasteiger partial charge in [-0.3, -0.25) is 0 Å². The lowest BCUT2D eigenvalue weighted by Crippen LogP contribution is -2.40. The molecular formula is C28H30O4. The zero-order chi connectivity index (χ0) is 23.0. The molecule has 1 unspecified atom stereocenters. The van der Waals surface area contributed by atoms with Crippen molar-refractivity contribution in [2.24, 2.45) is 0 Å². The van der Waals surface area contributed by atoms with Crippen molar-refractivity contribution in [2.75, 3.05) is 6.61 Å². The minimum absolute atomic E-state index is 0.372. The van der Waals surface area contributed by atoms with E-state index in [2.05, 4.69) is 61.6 Å². The van der Waals surface area contributed by atoms with E-state index in [0.29, 0.717) is 24.5 Å². The molecule has 32 heavy (non-hydrogen) atoms. The van der Waals surface area contributed by atoms with Crippen molar-refractivity contribution < 1.29 is 19.4 Å². The summed E-state index contributed by atoms with van der Waals surface area (Å²) in [7, 11) is 0. The van der Waals surface area contributed by atoms with Crippen LogP contribution in [-0.2, 0) is 4.79 Å². The first-order valence-electron chi connectivity index (χ1n) is 10.9. The first kappa shape index (κ1) is 23.1. The highest BCUT2D eigenvalue weighted by molar-refractivity contribution is 5.77. The van der Waals surface area contributed by atoms with Gasteiger partial charge in [0.05, 0.1) is 0 Å². The zero-order valence-electron chi connectivity index (χ0n) is 18.9. The Kier molecular flexibility index (Phi) is 7.72. The summed E-state index contributed by atoms with van der Waals surface area (Å²) < 4.78 is 11.5. The molecule has 3 rings (SSSR count).